The molecule has 0 amide bonds. The van der Waals surface area contributed by atoms with E-state index in [4.69, 9.17) is 14.2 Å². The first kappa shape index (κ1) is 27.7. The van der Waals surface area contributed by atoms with Crippen LogP contribution >= 0.6 is 0 Å². The topological polar surface area (TPSA) is 68.2 Å². The van der Waals surface area contributed by atoms with Gasteiger partial charge in [0.1, 0.15) is 6.10 Å². The monoisotopic (exact) mass is 784 g/mol. The van der Waals surface area contributed by atoms with Gasteiger partial charge in [-0.25, -0.2) is 0 Å². The van der Waals surface area contributed by atoms with E-state index in [0.717, 1.165) is 0 Å². The quantitative estimate of drug-likeness (QED) is 0.458. The fourth-order valence-electron chi connectivity index (χ4n) is 3.91. The SMILES string of the molecule is CC1[C@H](O[C@H]2C(CO)O[C@@H](C)C(C)[C@H]2C)OC(CO)[C@H](C)[C@@H]1C.[Ac].[Ac]. The minimum atomic E-state index is -0.371. The molecule has 7 heteroatoms. The zero-order valence-electron chi connectivity index (χ0n) is 16.5. The van der Waals surface area contributed by atoms with Crippen molar-refractivity contribution in [3.63, 3.8) is 0 Å². The predicted octanol–water partition coefficient (Wildman–Crippen LogP) is 2.05. The van der Waals surface area contributed by atoms with Gasteiger partial charge in [0.15, 0.2) is 6.29 Å². The molecular formula is C18H34Ac2O5. The molecule has 2 fully saturated rings. The summed E-state index contributed by atoms with van der Waals surface area (Å²) in [5.74, 6) is 1.55. The van der Waals surface area contributed by atoms with Crippen LogP contribution in [-0.4, -0.2) is 54.1 Å². The van der Waals surface area contributed by atoms with Gasteiger partial charge in [-0.2, -0.15) is 0 Å². The number of rotatable bonds is 4. The van der Waals surface area contributed by atoms with Crippen LogP contribution in [0.25, 0.3) is 0 Å². The molecule has 25 heavy (non-hydrogen) atoms. The van der Waals surface area contributed by atoms with Gasteiger partial charge in [-0.15, -0.1) is 0 Å². The Morgan fingerprint density at radius 1 is 0.680 bits per heavy atom. The minimum absolute atomic E-state index is 0. The minimum Gasteiger partial charge on any atom is -0.394 e. The maximum Gasteiger partial charge on any atom is 0.161 e. The Kier molecular flexibility index (Phi) is 13.7. The van der Waals surface area contributed by atoms with Crippen LogP contribution in [0.15, 0.2) is 0 Å². The van der Waals surface area contributed by atoms with E-state index in [2.05, 4.69) is 34.6 Å². The van der Waals surface area contributed by atoms with Crippen LogP contribution in [0.1, 0.15) is 41.5 Å². The Hall–Kier alpha value is 2.68. The third-order valence-corrected chi connectivity index (χ3v) is 6.48. The van der Waals surface area contributed by atoms with Gasteiger partial charge in [-0.05, 0) is 30.6 Å². The second-order valence-electron chi connectivity index (χ2n) is 7.68. The third kappa shape index (κ3) is 6.33. The first-order valence-corrected chi connectivity index (χ1v) is 8.99. The number of ether oxygens (including phenoxy) is 3. The number of aliphatic hydroxyl groups excluding tert-OH is 2. The summed E-state index contributed by atoms with van der Waals surface area (Å²) in [5, 5.41) is 19.3. The first-order chi connectivity index (χ1) is 10.8. The number of hydrogen-bond acceptors (Lipinski definition) is 5. The van der Waals surface area contributed by atoms with Gasteiger partial charge in [0.05, 0.1) is 31.5 Å². The average molecular weight is 784 g/mol. The number of hydrogen-bond donors (Lipinski definition) is 2. The normalized spacial score (nSPS) is 47.5. The molecule has 0 bridgehead atoms. The Morgan fingerprint density at radius 2 is 1.24 bits per heavy atom. The molecule has 2 rings (SSSR count). The van der Waals surface area contributed by atoms with Crippen molar-refractivity contribution in [2.24, 2.45) is 29.6 Å². The number of aliphatic hydroxyl groups is 2. The van der Waals surface area contributed by atoms with Crippen molar-refractivity contribution in [2.75, 3.05) is 13.2 Å². The van der Waals surface area contributed by atoms with Crippen LogP contribution in [0.3, 0.4) is 0 Å². The fraction of sp³-hybridized carbons (Fsp3) is 1.00. The van der Waals surface area contributed by atoms with E-state index in [0.29, 0.717) is 17.8 Å². The fourth-order valence-corrected chi connectivity index (χ4v) is 3.91. The summed E-state index contributed by atoms with van der Waals surface area (Å²) in [5.41, 5.74) is 0. The molecule has 2 aliphatic rings. The van der Waals surface area contributed by atoms with Gasteiger partial charge >= 0.3 is 0 Å². The molecule has 2 radical (unpaired) electrons. The summed E-state index contributed by atoms with van der Waals surface area (Å²) in [4.78, 5) is 0. The van der Waals surface area contributed by atoms with Gasteiger partial charge in [-0.3, -0.25) is 0 Å². The van der Waals surface area contributed by atoms with E-state index < -0.39 is 0 Å². The van der Waals surface area contributed by atoms with Crippen molar-refractivity contribution in [2.45, 2.75) is 72.2 Å². The summed E-state index contributed by atoms with van der Waals surface area (Å²) >= 11 is 0. The maximum atomic E-state index is 9.69. The summed E-state index contributed by atoms with van der Waals surface area (Å²) in [6, 6.07) is 0. The molecule has 0 aromatic heterocycles. The van der Waals surface area contributed by atoms with Gasteiger partial charge in [0.25, 0.3) is 0 Å². The van der Waals surface area contributed by atoms with E-state index in [1.54, 1.807) is 0 Å². The molecule has 4 unspecified atom stereocenters. The van der Waals surface area contributed by atoms with Gasteiger partial charge in [0, 0.05) is 94.0 Å². The van der Waals surface area contributed by atoms with Crippen LogP contribution in [0.2, 0.25) is 0 Å². The Balaban J connectivity index is 0.00000288. The summed E-state index contributed by atoms with van der Waals surface area (Å²) in [6.07, 6.45) is -0.984. The molecular weight excluding hydrogens is 750 g/mol. The molecule has 10 atom stereocenters. The van der Waals surface area contributed by atoms with Gasteiger partial charge in [-0.1, -0.05) is 34.6 Å². The summed E-state index contributed by atoms with van der Waals surface area (Å²) in [6.45, 7) is 12.7. The molecule has 0 aliphatic carbocycles. The first-order valence-electron chi connectivity index (χ1n) is 8.99. The zero-order valence-corrected chi connectivity index (χ0v) is 26.0. The molecule has 0 spiro atoms. The van der Waals surface area contributed by atoms with Crippen LogP contribution in [-0.2, 0) is 14.2 Å². The second kappa shape index (κ2) is 12.4. The molecule has 0 aromatic rings. The molecule has 142 valence electrons. The molecule has 2 aliphatic heterocycles. The predicted molar refractivity (Wildman–Crippen MR) is 87.9 cm³/mol. The largest absolute Gasteiger partial charge is 0.394 e. The second-order valence-corrected chi connectivity index (χ2v) is 7.68. The van der Waals surface area contributed by atoms with E-state index in [9.17, 15) is 10.2 Å². The van der Waals surface area contributed by atoms with Crippen molar-refractivity contribution in [3.8, 4) is 0 Å². The van der Waals surface area contributed by atoms with Crippen LogP contribution < -0.4 is 0 Å². The smallest absolute Gasteiger partial charge is 0.161 e. The van der Waals surface area contributed by atoms with Crippen LogP contribution in [0, 0.1) is 118 Å². The van der Waals surface area contributed by atoms with E-state index in [1.807, 2.05) is 6.92 Å². The molecule has 0 aromatic carbocycles. The molecule has 0 saturated carbocycles. The maximum absolute atomic E-state index is 9.69. The third-order valence-electron chi connectivity index (χ3n) is 6.48. The van der Waals surface area contributed by atoms with Crippen molar-refractivity contribution >= 4 is 0 Å². The average Bonchev–Trinajstić information content (AvgIpc) is 2.55. The standard InChI is InChI=1S/C18H34O5.2Ac/c1-9-11(3)15(7-19)22-18(13(9)5)23-17-12(4)10(2)14(6)21-16(17)8-20;;/h9-20H,7-8H2,1-6H3;;/t9-,10?,11+,12+,13?,14-,15?,16?,17+,18-;;/m0../s1. The summed E-state index contributed by atoms with van der Waals surface area (Å²) in [7, 11) is 0. The molecule has 5 nitrogen and oxygen atoms in total. The Labute approximate surface area is 224 Å². The summed E-state index contributed by atoms with van der Waals surface area (Å²) < 4.78 is 18.3. The Morgan fingerprint density at radius 3 is 1.76 bits per heavy atom. The van der Waals surface area contributed by atoms with Crippen molar-refractivity contribution in [1.82, 2.24) is 0 Å². The van der Waals surface area contributed by atoms with E-state index in [-0.39, 0.29) is 144 Å². The molecule has 2 saturated heterocycles. The van der Waals surface area contributed by atoms with Crippen molar-refractivity contribution in [1.29, 1.82) is 0 Å². The Bertz CT molecular complexity index is 382. The van der Waals surface area contributed by atoms with Gasteiger partial charge in [0.2, 0.25) is 0 Å². The zero-order chi connectivity index (χ0) is 17.3. The molecule has 2 heterocycles. The molecule has 2 N–H and O–H groups in total. The van der Waals surface area contributed by atoms with Crippen molar-refractivity contribution < 1.29 is 113 Å². The van der Waals surface area contributed by atoms with E-state index >= 15 is 0 Å². The van der Waals surface area contributed by atoms with E-state index in [1.165, 1.54) is 0 Å². The van der Waals surface area contributed by atoms with Crippen LogP contribution in [0.5, 0.6) is 0 Å². The van der Waals surface area contributed by atoms with Crippen molar-refractivity contribution in [3.05, 3.63) is 0 Å². The van der Waals surface area contributed by atoms with Crippen LogP contribution in [0.4, 0.5) is 0 Å². The van der Waals surface area contributed by atoms with Gasteiger partial charge < -0.3 is 24.4 Å².